The largest absolute Gasteiger partial charge is 0.416 e. The molecule has 114 valence electrons. The van der Waals surface area contributed by atoms with Gasteiger partial charge < -0.3 is 4.43 Å². The highest BCUT2D eigenvalue weighted by Crippen LogP contribution is 2.37. The molecule has 1 unspecified atom stereocenters. The molecule has 0 bridgehead atoms. The van der Waals surface area contributed by atoms with Crippen LogP contribution in [-0.4, -0.2) is 14.9 Å². The van der Waals surface area contributed by atoms with E-state index in [2.05, 4.69) is 65.8 Å². The highest BCUT2D eigenvalue weighted by Gasteiger charge is 2.37. The maximum absolute atomic E-state index is 6.33. The lowest BCUT2D eigenvalue weighted by molar-refractivity contribution is 0.245. The molecule has 0 aliphatic carbocycles. The number of rotatable bonds is 8. The maximum Gasteiger partial charge on any atom is 0.192 e. The Bertz CT molecular complexity index is 379. The van der Waals surface area contributed by atoms with Crippen LogP contribution in [0.1, 0.15) is 40.5 Å². The molecule has 0 aliphatic rings. The van der Waals surface area contributed by atoms with Crippen LogP contribution < -0.4 is 0 Å². The van der Waals surface area contributed by atoms with Gasteiger partial charge in [-0.15, -0.1) is 5.73 Å². The molecule has 0 fully saturated rings. The molecular weight excluding hydrogens is 260 g/mol. The lowest BCUT2D eigenvalue weighted by Crippen LogP contribution is -2.41. The first-order valence-corrected chi connectivity index (χ1v) is 10.3. The molecule has 0 spiro atoms. The monoisotopic (exact) mass is 292 g/mol. The van der Waals surface area contributed by atoms with Crippen molar-refractivity contribution in [2.24, 2.45) is 5.92 Å². The Morgan fingerprint density at radius 3 is 2.40 bits per heavy atom. The summed E-state index contributed by atoms with van der Waals surface area (Å²) >= 11 is 0. The van der Waals surface area contributed by atoms with Gasteiger partial charge >= 0.3 is 0 Å². The summed E-state index contributed by atoms with van der Waals surface area (Å²) in [6.45, 7) is 21.8. The van der Waals surface area contributed by atoms with Crippen LogP contribution in [0.5, 0.6) is 0 Å². The van der Waals surface area contributed by atoms with Crippen molar-refractivity contribution >= 4 is 8.32 Å². The summed E-state index contributed by atoms with van der Waals surface area (Å²) in [6, 6.07) is 0. The van der Waals surface area contributed by atoms with Gasteiger partial charge in [0.25, 0.3) is 0 Å². The smallest absolute Gasteiger partial charge is 0.192 e. The topological polar surface area (TPSA) is 9.23 Å². The second-order valence-corrected chi connectivity index (χ2v) is 11.8. The molecule has 2 heteroatoms. The summed E-state index contributed by atoms with van der Waals surface area (Å²) in [6.07, 6.45) is 8.16. The van der Waals surface area contributed by atoms with Crippen molar-refractivity contribution < 1.29 is 4.43 Å². The van der Waals surface area contributed by atoms with Gasteiger partial charge in [0.2, 0.25) is 0 Å². The van der Waals surface area contributed by atoms with E-state index in [1.165, 1.54) is 5.57 Å². The fourth-order valence-electron chi connectivity index (χ4n) is 1.49. The van der Waals surface area contributed by atoms with Crippen LogP contribution in [0.25, 0.3) is 0 Å². The van der Waals surface area contributed by atoms with E-state index >= 15 is 0 Å². The average Bonchev–Trinajstić information content (AvgIpc) is 2.36. The first-order chi connectivity index (χ1) is 9.14. The third kappa shape index (κ3) is 7.09. The minimum Gasteiger partial charge on any atom is -0.416 e. The molecule has 0 radical (unpaired) electrons. The Balaban J connectivity index is 4.62. The summed E-state index contributed by atoms with van der Waals surface area (Å²) in [5.74, 6) is 0.436. The highest BCUT2D eigenvalue weighted by atomic mass is 28.4. The fraction of sp³-hybridized carbons (Fsp3) is 0.611. The van der Waals surface area contributed by atoms with Gasteiger partial charge in [-0.05, 0) is 49.4 Å². The lowest BCUT2D eigenvalue weighted by atomic mass is 10.0. The number of hydrogen-bond donors (Lipinski definition) is 0. The second-order valence-electron chi connectivity index (χ2n) is 6.95. The van der Waals surface area contributed by atoms with Gasteiger partial charge in [0.05, 0.1) is 0 Å². The Morgan fingerprint density at radius 1 is 1.35 bits per heavy atom. The summed E-state index contributed by atoms with van der Waals surface area (Å²) in [5.41, 5.74) is 4.18. The molecule has 20 heavy (non-hydrogen) atoms. The minimum absolute atomic E-state index is 0.261. The zero-order valence-electron chi connectivity index (χ0n) is 14.3. The van der Waals surface area contributed by atoms with Crippen LogP contribution in [0.15, 0.2) is 42.7 Å². The fourth-order valence-corrected chi connectivity index (χ4v) is 2.56. The van der Waals surface area contributed by atoms with Crippen molar-refractivity contribution in [3.05, 3.63) is 42.7 Å². The normalized spacial score (nSPS) is 14.1. The Kier molecular flexibility index (Phi) is 8.11. The van der Waals surface area contributed by atoms with Crippen LogP contribution in [-0.2, 0) is 4.43 Å². The van der Waals surface area contributed by atoms with E-state index < -0.39 is 8.32 Å². The van der Waals surface area contributed by atoms with E-state index in [0.29, 0.717) is 5.92 Å². The second kappa shape index (κ2) is 8.46. The van der Waals surface area contributed by atoms with E-state index in [1.54, 1.807) is 0 Å². The van der Waals surface area contributed by atoms with Gasteiger partial charge in [-0.1, -0.05) is 52.2 Å². The molecule has 0 amide bonds. The van der Waals surface area contributed by atoms with Gasteiger partial charge in [-0.3, -0.25) is 0 Å². The SMILES string of the molecule is C=C=C(C)CCC(/C=C/C=C)CO[Si](C)(C)C(C)(C)C. The molecule has 0 saturated heterocycles. The standard InChI is InChI=1S/C18H32OSi/c1-9-11-12-17(14-13-16(3)10-2)15-19-20(7,8)18(4,5)6/h9,11-12,17H,1-2,13-15H2,3-8H3/b12-11+. The maximum atomic E-state index is 6.33. The summed E-state index contributed by atoms with van der Waals surface area (Å²) in [4.78, 5) is 0. The molecule has 0 aromatic rings. The molecule has 0 heterocycles. The molecule has 0 aromatic heterocycles. The Labute approximate surface area is 127 Å². The zero-order chi connectivity index (χ0) is 15.8. The van der Waals surface area contributed by atoms with Gasteiger partial charge in [-0.2, -0.15) is 0 Å². The number of allylic oxidation sites excluding steroid dienone is 3. The lowest BCUT2D eigenvalue weighted by Gasteiger charge is -2.37. The summed E-state index contributed by atoms with van der Waals surface area (Å²) in [5, 5.41) is 0.261. The van der Waals surface area contributed by atoms with Crippen molar-refractivity contribution in [2.45, 2.75) is 58.7 Å². The minimum atomic E-state index is -1.67. The molecule has 0 saturated carbocycles. The van der Waals surface area contributed by atoms with Crippen molar-refractivity contribution in [2.75, 3.05) is 6.61 Å². The van der Waals surface area contributed by atoms with Gasteiger partial charge in [0.15, 0.2) is 8.32 Å². The van der Waals surface area contributed by atoms with Crippen molar-refractivity contribution in [1.82, 2.24) is 0 Å². The molecule has 0 aromatic carbocycles. The molecule has 1 nitrogen and oxygen atoms in total. The van der Waals surface area contributed by atoms with E-state index in [-0.39, 0.29) is 5.04 Å². The summed E-state index contributed by atoms with van der Waals surface area (Å²) in [7, 11) is -1.67. The van der Waals surface area contributed by atoms with Crippen LogP contribution in [0.2, 0.25) is 18.1 Å². The van der Waals surface area contributed by atoms with Gasteiger partial charge in [0, 0.05) is 6.61 Å². The predicted molar refractivity (Wildman–Crippen MR) is 93.5 cm³/mol. The van der Waals surface area contributed by atoms with E-state index in [9.17, 15) is 0 Å². The molecule has 0 aliphatic heterocycles. The van der Waals surface area contributed by atoms with E-state index in [0.717, 1.165) is 19.4 Å². The van der Waals surface area contributed by atoms with E-state index in [1.807, 2.05) is 12.2 Å². The van der Waals surface area contributed by atoms with E-state index in [4.69, 9.17) is 4.43 Å². The molecule has 1 atom stereocenters. The Morgan fingerprint density at radius 2 is 1.95 bits per heavy atom. The van der Waals surface area contributed by atoms with Crippen molar-refractivity contribution in [3.8, 4) is 0 Å². The quantitative estimate of drug-likeness (QED) is 0.308. The molecule has 0 N–H and O–H groups in total. The van der Waals surface area contributed by atoms with Crippen LogP contribution in [0.4, 0.5) is 0 Å². The molecular formula is C18H32OSi. The Hall–Kier alpha value is -0.823. The average molecular weight is 293 g/mol. The van der Waals surface area contributed by atoms with Crippen LogP contribution >= 0.6 is 0 Å². The third-order valence-electron chi connectivity index (χ3n) is 4.18. The zero-order valence-corrected chi connectivity index (χ0v) is 15.3. The van der Waals surface area contributed by atoms with Gasteiger partial charge in [0.1, 0.15) is 0 Å². The third-order valence-corrected chi connectivity index (χ3v) is 8.68. The molecule has 0 rings (SSSR count). The highest BCUT2D eigenvalue weighted by molar-refractivity contribution is 6.74. The van der Waals surface area contributed by atoms with Crippen LogP contribution in [0.3, 0.4) is 0 Å². The van der Waals surface area contributed by atoms with Crippen molar-refractivity contribution in [1.29, 1.82) is 0 Å². The summed E-state index contributed by atoms with van der Waals surface area (Å²) < 4.78 is 6.33. The van der Waals surface area contributed by atoms with Crippen LogP contribution in [0, 0.1) is 5.92 Å². The first-order valence-electron chi connectivity index (χ1n) is 7.42. The first kappa shape index (κ1) is 19.2. The van der Waals surface area contributed by atoms with Crippen molar-refractivity contribution in [3.63, 3.8) is 0 Å². The van der Waals surface area contributed by atoms with Gasteiger partial charge in [-0.25, -0.2) is 0 Å². The predicted octanol–water partition coefficient (Wildman–Crippen LogP) is 5.88. The number of hydrogen-bond acceptors (Lipinski definition) is 1.